The first kappa shape index (κ1) is 14.0. The number of aromatic nitrogens is 1. The van der Waals surface area contributed by atoms with Crippen molar-refractivity contribution in [2.45, 2.75) is 64.7 Å². The summed E-state index contributed by atoms with van der Waals surface area (Å²) in [5, 5.41) is 0. The number of hydrogen-bond donors (Lipinski definition) is 0. The van der Waals surface area contributed by atoms with Crippen LogP contribution in [-0.4, -0.2) is 45.5 Å². The van der Waals surface area contributed by atoms with Gasteiger partial charge in [-0.2, -0.15) is 0 Å². The number of nitrogens with zero attached hydrogens (tertiary/aromatic N) is 3. The first-order valence-electron chi connectivity index (χ1n) is 7.92. The Morgan fingerprint density at radius 2 is 1.90 bits per heavy atom. The van der Waals surface area contributed by atoms with Gasteiger partial charge in [-0.25, -0.2) is 0 Å². The number of piperazine rings is 1. The van der Waals surface area contributed by atoms with Crippen molar-refractivity contribution in [3.05, 3.63) is 29.6 Å². The van der Waals surface area contributed by atoms with Crippen LogP contribution in [0.2, 0.25) is 0 Å². The number of hydrogen-bond acceptors (Lipinski definition) is 3. The van der Waals surface area contributed by atoms with E-state index in [0.29, 0.717) is 5.54 Å². The average molecular weight is 273 g/mol. The molecule has 3 rings (SSSR count). The predicted molar refractivity (Wildman–Crippen MR) is 82.7 cm³/mol. The minimum absolute atomic E-state index is 0.313. The molecule has 2 aliphatic heterocycles. The van der Waals surface area contributed by atoms with Crippen molar-refractivity contribution in [1.82, 2.24) is 14.8 Å². The summed E-state index contributed by atoms with van der Waals surface area (Å²) in [5.74, 6) is 0. The van der Waals surface area contributed by atoms with Crippen LogP contribution in [0, 0.1) is 0 Å². The standard InChI is InChI=1S/C17H27N3/c1-5-14-7-6-13(9-18-14)10-20-15-8-16(20)12-19(11-15)17(2,3)4/h6-7,9,15-16H,5,8,10-12H2,1-4H3. The van der Waals surface area contributed by atoms with Crippen LogP contribution in [0.25, 0.3) is 0 Å². The van der Waals surface area contributed by atoms with Crippen LogP contribution in [-0.2, 0) is 13.0 Å². The van der Waals surface area contributed by atoms with Gasteiger partial charge in [0.2, 0.25) is 0 Å². The lowest BCUT2D eigenvalue weighted by Gasteiger charge is -2.59. The van der Waals surface area contributed by atoms with Crippen LogP contribution in [0.3, 0.4) is 0 Å². The maximum atomic E-state index is 4.52. The second-order valence-electron chi connectivity index (χ2n) is 7.30. The summed E-state index contributed by atoms with van der Waals surface area (Å²) >= 11 is 0. The third-order valence-corrected chi connectivity index (χ3v) is 4.91. The normalized spacial score (nSPS) is 27.4. The zero-order valence-electron chi connectivity index (χ0n) is 13.3. The van der Waals surface area contributed by atoms with Crippen molar-refractivity contribution >= 4 is 0 Å². The molecular weight excluding hydrogens is 246 g/mol. The summed E-state index contributed by atoms with van der Waals surface area (Å²) in [7, 11) is 0. The molecule has 2 atom stereocenters. The highest BCUT2D eigenvalue weighted by Crippen LogP contribution is 2.36. The van der Waals surface area contributed by atoms with E-state index < -0.39 is 0 Å². The number of pyridine rings is 1. The highest BCUT2D eigenvalue weighted by atomic mass is 15.4. The first-order valence-corrected chi connectivity index (χ1v) is 7.92. The molecule has 2 aliphatic rings. The van der Waals surface area contributed by atoms with Crippen LogP contribution < -0.4 is 0 Å². The summed E-state index contributed by atoms with van der Waals surface area (Å²) in [5.41, 5.74) is 2.87. The minimum Gasteiger partial charge on any atom is -0.295 e. The van der Waals surface area contributed by atoms with Crippen LogP contribution >= 0.6 is 0 Å². The molecule has 0 aliphatic carbocycles. The predicted octanol–water partition coefficient (Wildman–Crippen LogP) is 2.70. The second-order valence-corrected chi connectivity index (χ2v) is 7.30. The lowest BCUT2D eigenvalue weighted by molar-refractivity contribution is -0.0997. The summed E-state index contributed by atoms with van der Waals surface area (Å²) in [6.07, 6.45) is 4.47. The van der Waals surface area contributed by atoms with Gasteiger partial charge in [-0.05, 0) is 45.2 Å². The molecule has 0 N–H and O–H groups in total. The molecule has 3 heterocycles. The van der Waals surface area contributed by atoms with Crippen molar-refractivity contribution in [3.8, 4) is 0 Å². The third kappa shape index (κ3) is 2.61. The van der Waals surface area contributed by atoms with E-state index in [-0.39, 0.29) is 0 Å². The van der Waals surface area contributed by atoms with Crippen LogP contribution in [0.1, 0.15) is 45.4 Å². The Hall–Kier alpha value is -0.930. The maximum absolute atomic E-state index is 4.52. The van der Waals surface area contributed by atoms with Crippen molar-refractivity contribution < 1.29 is 0 Å². The largest absolute Gasteiger partial charge is 0.295 e. The molecule has 3 heteroatoms. The molecule has 1 aromatic rings. The van der Waals surface area contributed by atoms with E-state index in [1.54, 1.807) is 0 Å². The summed E-state index contributed by atoms with van der Waals surface area (Å²) in [4.78, 5) is 9.83. The van der Waals surface area contributed by atoms with Crippen molar-refractivity contribution in [3.63, 3.8) is 0 Å². The van der Waals surface area contributed by atoms with Gasteiger partial charge in [-0.3, -0.25) is 14.8 Å². The number of piperidine rings is 1. The Balaban J connectivity index is 1.61. The molecule has 1 aromatic heterocycles. The SMILES string of the molecule is CCc1ccc(CN2C3CC2CN(C(C)(C)C)C3)cn1. The van der Waals surface area contributed by atoms with Gasteiger partial charge >= 0.3 is 0 Å². The average Bonchev–Trinajstić information content (AvgIpc) is 2.44. The Morgan fingerprint density at radius 3 is 2.40 bits per heavy atom. The van der Waals surface area contributed by atoms with Gasteiger partial charge in [0.15, 0.2) is 0 Å². The zero-order valence-corrected chi connectivity index (χ0v) is 13.3. The summed E-state index contributed by atoms with van der Waals surface area (Å²) in [6, 6.07) is 5.92. The van der Waals surface area contributed by atoms with E-state index in [2.05, 4.69) is 60.8 Å². The molecule has 0 amide bonds. The highest BCUT2D eigenvalue weighted by Gasteiger charge is 2.46. The molecule has 0 aromatic carbocycles. The smallest absolute Gasteiger partial charge is 0.0401 e. The van der Waals surface area contributed by atoms with Crippen molar-refractivity contribution in [1.29, 1.82) is 0 Å². The molecule has 2 unspecified atom stereocenters. The van der Waals surface area contributed by atoms with Gasteiger partial charge in [0.25, 0.3) is 0 Å². The minimum atomic E-state index is 0.313. The first-order chi connectivity index (χ1) is 9.47. The summed E-state index contributed by atoms with van der Waals surface area (Å²) in [6.45, 7) is 12.7. The number of fused-ring (bicyclic) bond motifs is 2. The molecule has 2 bridgehead atoms. The fourth-order valence-electron chi connectivity index (χ4n) is 3.46. The van der Waals surface area contributed by atoms with Gasteiger partial charge in [0, 0.05) is 49.1 Å². The molecule has 0 spiro atoms. The van der Waals surface area contributed by atoms with Gasteiger partial charge in [0.05, 0.1) is 0 Å². The fraction of sp³-hybridized carbons (Fsp3) is 0.706. The molecule has 20 heavy (non-hydrogen) atoms. The van der Waals surface area contributed by atoms with E-state index in [0.717, 1.165) is 25.0 Å². The van der Waals surface area contributed by atoms with Crippen LogP contribution in [0.15, 0.2) is 18.3 Å². The monoisotopic (exact) mass is 273 g/mol. The fourth-order valence-corrected chi connectivity index (χ4v) is 3.46. The molecule has 0 radical (unpaired) electrons. The van der Waals surface area contributed by atoms with Crippen LogP contribution in [0.5, 0.6) is 0 Å². The Morgan fingerprint density at radius 1 is 1.20 bits per heavy atom. The number of rotatable bonds is 3. The van der Waals surface area contributed by atoms with Gasteiger partial charge < -0.3 is 0 Å². The Labute approximate surface area is 123 Å². The number of aryl methyl sites for hydroxylation is 1. The lowest BCUT2D eigenvalue weighted by atomic mass is 9.84. The Kier molecular flexibility index (Phi) is 3.59. The molecule has 2 saturated heterocycles. The molecule has 110 valence electrons. The maximum Gasteiger partial charge on any atom is 0.0401 e. The van der Waals surface area contributed by atoms with E-state index in [1.165, 1.54) is 30.8 Å². The summed E-state index contributed by atoms with van der Waals surface area (Å²) < 4.78 is 0. The molecule has 2 fully saturated rings. The van der Waals surface area contributed by atoms with Crippen LogP contribution in [0.4, 0.5) is 0 Å². The quantitative estimate of drug-likeness (QED) is 0.844. The van der Waals surface area contributed by atoms with E-state index in [4.69, 9.17) is 0 Å². The van der Waals surface area contributed by atoms with E-state index in [1.807, 2.05) is 0 Å². The van der Waals surface area contributed by atoms with Gasteiger partial charge in [-0.1, -0.05) is 13.0 Å². The topological polar surface area (TPSA) is 19.4 Å². The molecule has 0 saturated carbocycles. The molecular formula is C17H27N3. The van der Waals surface area contributed by atoms with Crippen molar-refractivity contribution in [2.75, 3.05) is 13.1 Å². The van der Waals surface area contributed by atoms with Gasteiger partial charge in [0.1, 0.15) is 0 Å². The number of likely N-dealkylation sites (tertiary alicyclic amines) is 2. The van der Waals surface area contributed by atoms with E-state index in [9.17, 15) is 0 Å². The van der Waals surface area contributed by atoms with Gasteiger partial charge in [-0.15, -0.1) is 0 Å². The highest BCUT2D eigenvalue weighted by molar-refractivity contribution is 5.16. The Bertz CT molecular complexity index is 448. The van der Waals surface area contributed by atoms with E-state index >= 15 is 0 Å². The third-order valence-electron chi connectivity index (χ3n) is 4.91. The molecule has 3 nitrogen and oxygen atoms in total. The van der Waals surface area contributed by atoms with Crippen molar-refractivity contribution in [2.24, 2.45) is 0 Å². The zero-order chi connectivity index (χ0) is 14.3. The second kappa shape index (κ2) is 5.12. The lowest BCUT2D eigenvalue weighted by Crippen LogP contribution is -2.70.